The molecule has 4 rings (SSSR count). The number of nitrogens with one attached hydrogen (secondary N) is 1. The molecule has 1 aromatic heterocycles. The Kier molecular flexibility index (Phi) is 7.45. The van der Waals surface area contributed by atoms with Gasteiger partial charge in [0.25, 0.3) is 5.92 Å². The first-order valence-electron chi connectivity index (χ1n) is 12.5. The summed E-state index contributed by atoms with van der Waals surface area (Å²) in [6, 6.07) is 7.62. The maximum absolute atomic E-state index is 15.3. The smallest absolute Gasteiger partial charge is 0.278 e. The average Bonchev–Trinajstić information content (AvgIpc) is 2.98. The number of halogens is 3. The Balaban J connectivity index is 0.00000176. The van der Waals surface area contributed by atoms with Crippen molar-refractivity contribution >= 4 is 22.4 Å². The Hall–Kier alpha value is -3.09. The first kappa shape index (κ1) is 27.5. The molecule has 0 bridgehead atoms. The fraction of sp³-hybridized carbons (Fsp3) is 0.448. The van der Waals surface area contributed by atoms with Crippen molar-refractivity contribution in [2.24, 2.45) is 5.92 Å². The molecule has 1 atom stereocenters. The van der Waals surface area contributed by atoms with Gasteiger partial charge in [0, 0.05) is 40.7 Å². The lowest BCUT2D eigenvalue weighted by Crippen LogP contribution is -2.24. The van der Waals surface area contributed by atoms with Crippen LogP contribution in [-0.4, -0.2) is 17.0 Å². The Morgan fingerprint density at radius 3 is 2.33 bits per heavy atom. The van der Waals surface area contributed by atoms with E-state index in [9.17, 15) is 8.78 Å². The number of nitrogens with zero attached hydrogens (tertiary/aromatic N) is 3. The fourth-order valence-electron chi connectivity index (χ4n) is 4.62. The molecule has 0 amide bonds. The molecule has 4 nitrogen and oxygen atoms in total. The summed E-state index contributed by atoms with van der Waals surface area (Å²) in [5.41, 5.74) is 3.22. The van der Waals surface area contributed by atoms with Crippen molar-refractivity contribution < 1.29 is 13.2 Å². The van der Waals surface area contributed by atoms with Gasteiger partial charge in [0.15, 0.2) is 0 Å². The second-order valence-electron chi connectivity index (χ2n) is 9.99. The number of rotatable bonds is 5. The van der Waals surface area contributed by atoms with Crippen LogP contribution in [0, 0.1) is 18.7 Å². The van der Waals surface area contributed by atoms with Crippen LogP contribution in [0.15, 0.2) is 42.6 Å². The lowest BCUT2D eigenvalue weighted by atomic mass is 9.84. The van der Waals surface area contributed by atoms with Gasteiger partial charge in [0.1, 0.15) is 17.5 Å². The molecule has 2 heterocycles. The molecule has 3 aromatic rings. The third-order valence-electron chi connectivity index (χ3n) is 7.02. The van der Waals surface area contributed by atoms with Crippen LogP contribution >= 0.6 is 0 Å². The van der Waals surface area contributed by atoms with E-state index in [4.69, 9.17) is 0 Å². The highest BCUT2D eigenvalue weighted by Gasteiger charge is 2.40. The van der Waals surface area contributed by atoms with E-state index in [0.717, 1.165) is 33.9 Å². The molecule has 0 saturated heterocycles. The zero-order valence-corrected chi connectivity index (χ0v) is 22.7. The summed E-state index contributed by atoms with van der Waals surface area (Å²) in [6.07, 6.45) is 0. The molecule has 1 aliphatic heterocycles. The number of hydrogen-bond donors (Lipinski definition) is 1. The summed E-state index contributed by atoms with van der Waals surface area (Å²) >= 11 is 0. The molecule has 7 heteroatoms. The van der Waals surface area contributed by atoms with Crippen molar-refractivity contribution in [2.45, 2.75) is 72.8 Å². The predicted molar refractivity (Wildman–Crippen MR) is 143 cm³/mol. The highest BCUT2D eigenvalue weighted by molar-refractivity contribution is 5.95. The molecule has 1 aliphatic rings. The van der Waals surface area contributed by atoms with Crippen LogP contribution in [0.4, 0.5) is 24.7 Å². The predicted octanol–water partition coefficient (Wildman–Crippen LogP) is 8.27. The van der Waals surface area contributed by atoms with E-state index in [1.165, 1.54) is 26.0 Å². The molecular weight excluding hydrogens is 461 g/mol. The van der Waals surface area contributed by atoms with Gasteiger partial charge in [-0.1, -0.05) is 66.3 Å². The number of benzene rings is 2. The highest BCUT2D eigenvalue weighted by atomic mass is 19.3. The molecule has 0 fully saturated rings. The third-order valence-corrected chi connectivity index (χ3v) is 7.02. The van der Waals surface area contributed by atoms with E-state index in [1.54, 1.807) is 13.8 Å². The van der Waals surface area contributed by atoms with Crippen molar-refractivity contribution in [1.82, 2.24) is 9.97 Å². The average molecular weight is 499 g/mol. The zero-order chi connectivity index (χ0) is 27.2. The van der Waals surface area contributed by atoms with Crippen LogP contribution in [0.5, 0.6) is 0 Å². The standard InChI is InChI=1S/C27H31F3N4.C2H6/c1-14(2)27(29,30)20-11-9-10-18(24(20)28)15(3)31-25-19-12-23-21(13-22(19)32-17(5)33-25)26(6,7)16(4)34(23)8;1-2/h9-15H,4H2,1-3,5-8H3,(H,31,32,33);1-2H3/t15-;/m1./s1. The maximum Gasteiger partial charge on any atom is 0.278 e. The minimum absolute atomic E-state index is 0.162. The van der Waals surface area contributed by atoms with Crippen LogP contribution in [0.2, 0.25) is 0 Å². The van der Waals surface area contributed by atoms with Crippen LogP contribution in [-0.2, 0) is 11.3 Å². The van der Waals surface area contributed by atoms with E-state index in [0.29, 0.717) is 11.6 Å². The first-order valence-corrected chi connectivity index (χ1v) is 12.5. The topological polar surface area (TPSA) is 41.0 Å². The quantitative estimate of drug-likeness (QED) is 0.384. The second kappa shape index (κ2) is 9.75. The monoisotopic (exact) mass is 498 g/mol. The largest absolute Gasteiger partial charge is 0.363 e. The Morgan fingerprint density at radius 2 is 1.72 bits per heavy atom. The van der Waals surface area contributed by atoms with Crippen LogP contribution < -0.4 is 10.2 Å². The lowest BCUT2D eigenvalue weighted by Gasteiger charge is -2.24. The molecule has 0 aliphatic carbocycles. The number of aromatic nitrogens is 2. The molecule has 0 unspecified atom stereocenters. The van der Waals surface area contributed by atoms with Gasteiger partial charge in [-0.3, -0.25) is 0 Å². The van der Waals surface area contributed by atoms with Gasteiger partial charge in [0.2, 0.25) is 0 Å². The number of fused-ring (bicyclic) bond motifs is 2. The van der Waals surface area contributed by atoms with Gasteiger partial charge in [-0.2, -0.15) is 0 Å². The van der Waals surface area contributed by atoms with Crippen molar-refractivity contribution in [1.29, 1.82) is 0 Å². The summed E-state index contributed by atoms with van der Waals surface area (Å²) < 4.78 is 44.5. The number of anilines is 2. The molecule has 0 radical (unpaired) electrons. The van der Waals surface area contributed by atoms with E-state index in [-0.39, 0.29) is 11.0 Å². The van der Waals surface area contributed by atoms with Crippen LogP contribution in [0.3, 0.4) is 0 Å². The van der Waals surface area contributed by atoms with Gasteiger partial charge in [-0.05, 0) is 31.5 Å². The number of hydrogen-bond acceptors (Lipinski definition) is 4. The summed E-state index contributed by atoms with van der Waals surface area (Å²) in [4.78, 5) is 11.2. The zero-order valence-electron chi connectivity index (χ0n) is 22.7. The Morgan fingerprint density at radius 1 is 1.08 bits per heavy atom. The SMILES string of the molecule is C=C1N(C)c2cc3c(N[C@H](C)c4cccc(C(F)(F)C(C)C)c4F)nc(C)nc3cc2C1(C)C.CC. The van der Waals surface area contributed by atoms with Gasteiger partial charge >= 0.3 is 0 Å². The first-order chi connectivity index (χ1) is 16.8. The molecule has 36 heavy (non-hydrogen) atoms. The number of likely N-dealkylation sites (N-methyl/N-ethyl adjacent to an activating group) is 1. The fourth-order valence-corrected chi connectivity index (χ4v) is 4.62. The van der Waals surface area contributed by atoms with Crippen LogP contribution in [0.25, 0.3) is 10.9 Å². The Labute approximate surface area is 212 Å². The van der Waals surface area contributed by atoms with E-state index >= 15 is 4.39 Å². The minimum atomic E-state index is -3.27. The van der Waals surface area contributed by atoms with Gasteiger partial charge < -0.3 is 10.2 Å². The summed E-state index contributed by atoms with van der Waals surface area (Å²) in [5, 5.41) is 4.03. The van der Waals surface area contributed by atoms with Crippen molar-refractivity contribution in [3.05, 3.63) is 70.9 Å². The number of allylic oxidation sites excluding steroid dienone is 1. The second-order valence-corrected chi connectivity index (χ2v) is 9.99. The minimum Gasteiger partial charge on any atom is -0.363 e. The number of alkyl halides is 2. The third kappa shape index (κ3) is 4.44. The normalized spacial score (nSPS) is 15.6. The van der Waals surface area contributed by atoms with E-state index < -0.39 is 29.3 Å². The summed E-state index contributed by atoms with van der Waals surface area (Å²) in [7, 11) is 1.97. The summed E-state index contributed by atoms with van der Waals surface area (Å²) in [6.45, 7) is 18.8. The van der Waals surface area contributed by atoms with E-state index in [2.05, 4.69) is 40.6 Å². The maximum atomic E-state index is 15.3. The van der Waals surface area contributed by atoms with Crippen molar-refractivity contribution in [3.8, 4) is 0 Å². The van der Waals surface area contributed by atoms with Crippen LogP contribution in [0.1, 0.15) is 77.0 Å². The molecule has 0 spiro atoms. The summed E-state index contributed by atoms with van der Waals surface area (Å²) in [5.74, 6) is -4.09. The van der Waals surface area contributed by atoms with Gasteiger partial charge in [-0.15, -0.1) is 0 Å². The molecular formula is C29H37F3N4. The van der Waals surface area contributed by atoms with Crippen molar-refractivity contribution in [2.75, 3.05) is 17.3 Å². The van der Waals surface area contributed by atoms with Gasteiger partial charge in [-0.25, -0.2) is 23.1 Å². The molecule has 0 saturated carbocycles. The van der Waals surface area contributed by atoms with Gasteiger partial charge in [0.05, 0.1) is 17.1 Å². The molecule has 194 valence electrons. The molecule has 2 aromatic carbocycles. The lowest BCUT2D eigenvalue weighted by molar-refractivity contribution is -0.0545. The molecule has 1 N–H and O–H groups in total. The number of aryl methyl sites for hydroxylation is 1. The van der Waals surface area contributed by atoms with E-state index in [1.807, 2.05) is 33.0 Å². The van der Waals surface area contributed by atoms with Crippen molar-refractivity contribution in [3.63, 3.8) is 0 Å². The Bertz CT molecular complexity index is 1300. The highest BCUT2D eigenvalue weighted by Crippen LogP contribution is 2.48.